The minimum absolute atomic E-state index is 0.0255. The van der Waals surface area contributed by atoms with Crippen LogP contribution in [0.3, 0.4) is 0 Å². The van der Waals surface area contributed by atoms with Gasteiger partial charge in [-0.25, -0.2) is 0 Å². The molecule has 0 radical (unpaired) electrons. The van der Waals surface area contributed by atoms with E-state index in [-0.39, 0.29) is 5.84 Å². The Labute approximate surface area is 81.2 Å². The van der Waals surface area contributed by atoms with Crippen LogP contribution in [-0.4, -0.2) is 22.0 Å². The molecule has 1 aromatic carbocycles. The van der Waals surface area contributed by atoms with E-state index in [4.69, 9.17) is 16.1 Å². The van der Waals surface area contributed by atoms with E-state index in [0.717, 1.165) is 5.56 Å². The van der Waals surface area contributed by atoms with Crippen molar-refractivity contribution in [1.29, 1.82) is 0 Å². The van der Waals surface area contributed by atoms with Crippen LogP contribution in [0.1, 0.15) is 18.1 Å². The minimum Gasteiger partial charge on any atom is -0.411 e. The zero-order chi connectivity index (χ0) is 10.6. The van der Waals surface area contributed by atoms with Crippen molar-refractivity contribution in [2.24, 2.45) is 16.0 Å². The maximum atomic E-state index is 8.55. The molecule has 0 heterocycles. The van der Waals surface area contributed by atoms with Gasteiger partial charge in [0.05, 0.1) is 5.71 Å². The molecule has 0 amide bonds. The number of hydrogen-bond acceptors (Lipinski definition) is 4. The third kappa shape index (κ3) is 2.01. The van der Waals surface area contributed by atoms with Gasteiger partial charge >= 0.3 is 0 Å². The second kappa shape index (κ2) is 4.27. The fourth-order valence-corrected chi connectivity index (χ4v) is 1.02. The molecule has 0 saturated heterocycles. The molecule has 0 aliphatic rings. The quantitative estimate of drug-likeness (QED) is 0.283. The van der Waals surface area contributed by atoms with E-state index < -0.39 is 0 Å². The summed E-state index contributed by atoms with van der Waals surface area (Å²) in [5.74, 6) is 0.0255. The summed E-state index contributed by atoms with van der Waals surface area (Å²) in [5, 5.41) is 22.9. The van der Waals surface area contributed by atoms with Gasteiger partial charge in [-0.15, -0.1) is 0 Å². The molecule has 0 spiro atoms. The molecule has 14 heavy (non-hydrogen) atoms. The number of oxime groups is 2. The van der Waals surface area contributed by atoms with Gasteiger partial charge in [-0.1, -0.05) is 28.5 Å². The summed E-state index contributed by atoms with van der Waals surface area (Å²) in [5.41, 5.74) is 7.17. The highest BCUT2D eigenvalue weighted by molar-refractivity contribution is 6.02. The number of rotatable bonds is 2. The normalized spacial score (nSPS) is 12.9. The summed E-state index contributed by atoms with van der Waals surface area (Å²) in [6.45, 7) is 1.66. The zero-order valence-electron chi connectivity index (χ0n) is 7.68. The molecule has 0 bridgehead atoms. The average Bonchev–Trinajstić information content (AvgIpc) is 2.27. The van der Waals surface area contributed by atoms with E-state index in [0.29, 0.717) is 11.3 Å². The molecule has 5 nitrogen and oxygen atoms in total. The minimum atomic E-state index is 0.0255. The predicted molar refractivity (Wildman–Crippen MR) is 53.0 cm³/mol. The molecule has 0 saturated carbocycles. The van der Waals surface area contributed by atoms with Gasteiger partial charge in [0.2, 0.25) is 0 Å². The van der Waals surface area contributed by atoms with Gasteiger partial charge in [0, 0.05) is 5.56 Å². The van der Waals surface area contributed by atoms with Gasteiger partial charge in [0.15, 0.2) is 5.84 Å². The van der Waals surface area contributed by atoms with Crippen LogP contribution in [0, 0.1) is 0 Å². The van der Waals surface area contributed by atoms with E-state index in [1.807, 2.05) is 0 Å². The molecule has 0 aliphatic heterocycles. The van der Waals surface area contributed by atoms with Crippen molar-refractivity contribution in [3.8, 4) is 0 Å². The maximum Gasteiger partial charge on any atom is 0.170 e. The van der Waals surface area contributed by atoms with E-state index >= 15 is 0 Å². The summed E-state index contributed by atoms with van der Waals surface area (Å²) < 4.78 is 0. The molecule has 74 valence electrons. The average molecular weight is 193 g/mol. The summed E-state index contributed by atoms with van der Waals surface area (Å²) >= 11 is 0. The molecular formula is C9H11N3O2. The molecule has 0 aliphatic carbocycles. The fraction of sp³-hybridized carbons (Fsp3) is 0.111. The lowest BCUT2D eigenvalue weighted by Crippen LogP contribution is -2.13. The van der Waals surface area contributed by atoms with Crippen LogP contribution >= 0.6 is 0 Å². The third-order valence-corrected chi connectivity index (χ3v) is 1.83. The van der Waals surface area contributed by atoms with Crippen molar-refractivity contribution >= 4 is 11.5 Å². The summed E-state index contributed by atoms with van der Waals surface area (Å²) in [7, 11) is 0. The van der Waals surface area contributed by atoms with E-state index in [1.54, 1.807) is 31.2 Å². The number of benzene rings is 1. The summed E-state index contributed by atoms with van der Waals surface area (Å²) in [6.07, 6.45) is 0. The van der Waals surface area contributed by atoms with Gasteiger partial charge in [-0.2, -0.15) is 0 Å². The lowest BCUT2D eigenvalue weighted by Gasteiger charge is -2.01. The second-order valence-electron chi connectivity index (χ2n) is 2.75. The maximum absolute atomic E-state index is 8.55. The molecular weight excluding hydrogens is 182 g/mol. The first kappa shape index (κ1) is 10.0. The third-order valence-electron chi connectivity index (χ3n) is 1.83. The van der Waals surface area contributed by atoms with Crippen LogP contribution in [0.15, 0.2) is 34.6 Å². The van der Waals surface area contributed by atoms with E-state index in [2.05, 4.69) is 10.3 Å². The van der Waals surface area contributed by atoms with Crippen molar-refractivity contribution < 1.29 is 10.4 Å². The molecule has 4 N–H and O–H groups in total. The van der Waals surface area contributed by atoms with Gasteiger partial charge in [-0.3, -0.25) is 0 Å². The highest BCUT2D eigenvalue weighted by atomic mass is 16.4. The largest absolute Gasteiger partial charge is 0.411 e. The Morgan fingerprint density at radius 2 is 1.86 bits per heavy atom. The van der Waals surface area contributed by atoms with Gasteiger partial charge < -0.3 is 16.1 Å². The lowest BCUT2D eigenvalue weighted by molar-refractivity contribution is 0.318. The van der Waals surface area contributed by atoms with Crippen LogP contribution in [0.4, 0.5) is 0 Å². The number of nitrogens with zero attached hydrogens (tertiary/aromatic N) is 2. The van der Waals surface area contributed by atoms with Crippen molar-refractivity contribution in [3.63, 3.8) is 0 Å². The molecule has 1 rings (SSSR count). The molecule has 5 heteroatoms. The summed E-state index contributed by atoms with van der Waals surface area (Å²) in [6, 6.07) is 6.87. The van der Waals surface area contributed by atoms with Crippen molar-refractivity contribution in [3.05, 3.63) is 35.4 Å². The topological polar surface area (TPSA) is 91.2 Å². The summed E-state index contributed by atoms with van der Waals surface area (Å²) in [4.78, 5) is 0. The highest BCUT2D eigenvalue weighted by Gasteiger charge is 2.02. The second-order valence-corrected chi connectivity index (χ2v) is 2.75. The van der Waals surface area contributed by atoms with Crippen molar-refractivity contribution in [2.75, 3.05) is 0 Å². The van der Waals surface area contributed by atoms with E-state index in [9.17, 15) is 0 Å². The van der Waals surface area contributed by atoms with Gasteiger partial charge in [-0.05, 0) is 18.6 Å². The van der Waals surface area contributed by atoms with Crippen LogP contribution in [0.5, 0.6) is 0 Å². The van der Waals surface area contributed by atoms with Gasteiger partial charge in [0.1, 0.15) is 0 Å². The van der Waals surface area contributed by atoms with Crippen LogP contribution in [0.2, 0.25) is 0 Å². The Balaban J connectivity index is 3.14. The first-order valence-electron chi connectivity index (χ1n) is 3.96. The van der Waals surface area contributed by atoms with Crippen LogP contribution in [-0.2, 0) is 0 Å². The number of amidine groups is 1. The standard InChI is InChI=1S/C9H11N3O2/c1-6(11-13)7-3-2-4-8(5-7)9(10)12-14/h2-5,13-14H,1H3,(H2,10,12)/b11-6-. The Hall–Kier alpha value is -2.04. The van der Waals surface area contributed by atoms with Crippen molar-refractivity contribution in [1.82, 2.24) is 0 Å². The first-order chi connectivity index (χ1) is 6.69. The highest BCUT2D eigenvalue weighted by Crippen LogP contribution is 2.06. The molecule has 0 fully saturated rings. The fourth-order valence-electron chi connectivity index (χ4n) is 1.02. The SMILES string of the molecule is C/C(=N/O)c1cccc(/C(N)=N/O)c1. The van der Waals surface area contributed by atoms with Crippen molar-refractivity contribution in [2.45, 2.75) is 6.92 Å². The van der Waals surface area contributed by atoms with Crippen LogP contribution < -0.4 is 5.73 Å². The molecule has 0 unspecified atom stereocenters. The Morgan fingerprint density at radius 1 is 1.21 bits per heavy atom. The van der Waals surface area contributed by atoms with Crippen LogP contribution in [0.25, 0.3) is 0 Å². The molecule has 1 aromatic rings. The zero-order valence-corrected chi connectivity index (χ0v) is 7.68. The van der Waals surface area contributed by atoms with Gasteiger partial charge in [0.25, 0.3) is 0 Å². The lowest BCUT2D eigenvalue weighted by atomic mass is 10.1. The smallest absolute Gasteiger partial charge is 0.170 e. The number of hydrogen-bond donors (Lipinski definition) is 3. The number of nitrogens with two attached hydrogens (primary N) is 1. The Morgan fingerprint density at radius 3 is 2.43 bits per heavy atom. The monoisotopic (exact) mass is 193 g/mol. The molecule has 0 aromatic heterocycles. The predicted octanol–water partition coefficient (Wildman–Crippen LogP) is 0.979. The first-order valence-corrected chi connectivity index (χ1v) is 3.96. The Kier molecular flexibility index (Phi) is 3.06. The Bertz CT molecular complexity index is 352. The molecule has 0 atom stereocenters. The van der Waals surface area contributed by atoms with E-state index in [1.165, 1.54) is 0 Å².